The van der Waals surface area contributed by atoms with Gasteiger partial charge in [-0.25, -0.2) is 9.50 Å². The maximum absolute atomic E-state index is 12.9. The van der Waals surface area contributed by atoms with E-state index in [1.165, 1.54) is 0 Å². The second-order valence-corrected chi connectivity index (χ2v) is 9.57. The van der Waals surface area contributed by atoms with Gasteiger partial charge in [-0.3, -0.25) is 4.79 Å². The Kier molecular flexibility index (Phi) is 5.95. The molecule has 7 nitrogen and oxygen atoms in total. The minimum Gasteiger partial charge on any atom is -0.497 e. The molecule has 0 unspecified atom stereocenters. The zero-order chi connectivity index (χ0) is 22.9. The highest BCUT2D eigenvalue weighted by Gasteiger charge is 2.28. The van der Waals surface area contributed by atoms with Crippen LogP contribution in [0.3, 0.4) is 0 Å². The molecule has 3 heterocycles. The molecule has 2 aromatic carbocycles. The summed E-state index contributed by atoms with van der Waals surface area (Å²) in [5, 5.41) is 9.37. The van der Waals surface area contributed by atoms with Crippen molar-refractivity contribution in [1.82, 2.24) is 14.6 Å². The highest BCUT2D eigenvalue weighted by molar-refractivity contribution is 7.20. The average Bonchev–Trinajstić information content (AvgIpc) is 3.41. The second kappa shape index (κ2) is 9.03. The van der Waals surface area contributed by atoms with Gasteiger partial charge in [0, 0.05) is 29.4 Å². The number of amides is 1. The first-order chi connectivity index (χ1) is 16.0. The molecule has 33 heavy (non-hydrogen) atoms. The van der Waals surface area contributed by atoms with Crippen LogP contribution in [0.5, 0.6) is 5.75 Å². The third-order valence-corrected chi connectivity index (χ3v) is 7.15. The molecular formula is C24H24ClN5O2S. The molecular weight excluding hydrogens is 458 g/mol. The fourth-order valence-corrected chi connectivity index (χ4v) is 5.23. The molecule has 1 saturated heterocycles. The molecule has 1 N–H and O–H groups in total. The average molecular weight is 482 g/mol. The van der Waals surface area contributed by atoms with E-state index in [-0.39, 0.29) is 11.8 Å². The topological polar surface area (TPSA) is 71.8 Å². The molecule has 4 aromatic rings. The molecule has 1 fully saturated rings. The zero-order valence-corrected chi connectivity index (χ0v) is 20.0. The van der Waals surface area contributed by atoms with E-state index in [1.807, 2.05) is 54.0 Å². The first-order valence-corrected chi connectivity index (χ1v) is 12.0. The van der Waals surface area contributed by atoms with Gasteiger partial charge in [-0.15, -0.1) is 5.10 Å². The molecule has 1 aliphatic heterocycles. The van der Waals surface area contributed by atoms with Crippen molar-refractivity contribution in [2.24, 2.45) is 5.92 Å². The largest absolute Gasteiger partial charge is 0.497 e. The number of aromatic nitrogens is 3. The third-order valence-electron chi connectivity index (χ3n) is 5.93. The van der Waals surface area contributed by atoms with Gasteiger partial charge in [-0.2, -0.15) is 0 Å². The van der Waals surface area contributed by atoms with Gasteiger partial charge in [0.15, 0.2) is 0 Å². The summed E-state index contributed by atoms with van der Waals surface area (Å²) in [5.74, 6) is 0.753. The molecule has 9 heteroatoms. The maximum Gasteiger partial charge on any atom is 0.229 e. The van der Waals surface area contributed by atoms with Crippen LogP contribution in [0.2, 0.25) is 5.02 Å². The summed E-state index contributed by atoms with van der Waals surface area (Å²) in [6.07, 6.45) is 3.74. The van der Waals surface area contributed by atoms with Crippen molar-refractivity contribution in [2.45, 2.75) is 19.8 Å². The Morgan fingerprint density at radius 1 is 1.24 bits per heavy atom. The molecule has 0 aliphatic carbocycles. The molecule has 1 aliphatic rings. The highest BCUT2D eigenvalue weighted by atomic mass is 35.5. The van der Waals surface area contributed by atoms with E-state index in [1.54, 1.807) is 24.5 Å². The minimum absolute atomic E-state index is 0.0354. The number of ether oxygens (including phenoxy) is 1. The van der Waals surface area contributed by atoms with Crippen molar-refractivity contribution in [3.8, 4) is 17.0 Å². The van der Waals surface area contributed by atoms with Crippen LogP contribution in [0.4, 0.5) is 10.8 Å². The maximum atomic E-state index is 12.9. The van der Waals surface area contributed by atoms with Gasteiger partial charge in [0.1, 0.15) is 5.75 Å². The van der Waals surface area contributed by atoms with Crippen LogP contribution in [0.25, 0.3) is 16.2 Å². The molecule has 1 atom stereocenters. The number of hydrogen-bond donors (Lipinski definition) is 1. The number of piperidine rings is 1. The summed E-state index contributed by atoms with van der Waals surface area (Å²) >= 11 is 7.58. The van der Waals surface area contributed by atoms with E-state index in [4.69, 9.17) is 26.4 Å². The molecule has 1 amide bonds. The first-order valence-electron chi connectivity index (χ1n) is 10.8. The fraction of sp³-hybridized carbons (Fsp3) is 0.292. The van der Waals surface area contributed by atoms with E-state index < -0.39 is 0 Å². The van der Waals surface area contributed by atoms with Crippen LogP contribution < -0.4 is 15.0 Å². The monoisotopic (exact) mass is 481 g/mol. The molecule has 0 bridgehead atoms. The summed E-state index contributed by atoms with van der Waals surface area (Å²) in [6, 6.07) is 13.3. The van der Waals surface area contributed by atoms with Crippen LogP contribution in [-0.2, 0) is 4.79 Å². The number of imidazole rings is 1. The third kappa shape index (κ3) is 4.54. The number of rotatable bonds is 5. The highest BCUT2D eigenvalue weighted by Crippen LogP contribution is 2.31. The smallest absolute Gasteiger partial charge is 0.229 e. The Hall–Kier alpha value is -3.10. The number of aryl methyl sites for hydroxylation is 1. The Morgan fingerprint density at radius 2 is 2.06 bits per heavy atom. The number of benzene rings is 2. The van der Waals surface area contributed by atoms with Crippen LogP contribution in [0.15, 0.2) is 48.7 Å². The van der Waals surface area contributed by atoms with Crippen molar-refractivity contribution < 1.29 is 9.53 Å². The van der Waals surface area contributed by atoms with Crippen LogP contribution >= 0.6 is 22.9 Å². The number of halogens is 1. The number of hydrogen-bond acceptors (Lipinski definition) is 6. The van der Waals surface area contributed by atoms with Gasteiger partial charge in [0.05, 0.1) is 24.9 Å². The summed E-state index contributed by atoms with van der Waals surface area (Å²) in [7, 11) is 1.65. The van der Waals surface area contributed by atoms with Crippen molar-refractivity contribution in [2.75, 3.05) is 30.4 Å². The Balaban J connectivity index is 1.29. The predicted molar refractivity (Wildman–Crippen MR) is 133 cm³/mol. The predicted octanol–water partition coefficient (Wildman–Crippen LogP) is 5.28. The number of fused-ring (bicyclic) bond motifs is 1. The molecule has 0 radical (unpaired) electrons. The molecule has 2 aromatic heterocycles. The minimum atomic E-state index is -0.0973. The van der Waals surface area contributed by atoms with Crippen molar-refractivity contribution in [3.05, 3.63) is 59.2 Å². The van der Waals surface area contributed by atoms with Crippen molar-refractivity contribution in [3.63, 3.8) is 0 Å². The standard InChI is InChI=1S/C24H24ClN5O2S/c1-15-12-18(25)7-10-20(15)26-22(31)17-4-3-11-29(13-17)24-28-30-14-21(27-23(30)33-24)16-5-8-19(32-2)9-6-16/h5-10,12,14,17H,3-4,11,13H2,1-2H3,(H,26,31)/t17-/m0/s1. The van der Waals surface area contributed by atoms with Gasteiger partial charge in [0.25, 0.3) is 0 Å². The van der Waals surface area contributed by atoms with Crippen LogP contribution in [0.1, 0.15) is 18.4 Å². The Labute approximate surface area is 201 Å². The molecule has 5 rings (SSSR count). The quantitative estimate of drug-likeness (QED) is 0.419. The summed E-state index contributed by atoms with van der Waals surface area (Å²) < 4.78 is 7.05. The van der Waals surface area contributed by atoms with Gasteiger partial charge < -0.3 is 15.0 Å². The summed E-state index contributed by atoms with van der Waals surface area (Å²) in [6.45, 7) is 3.46. The fourth-order valence-electron chi connectivity index (χ4n) is 4.09. The van der Waals surface area contributed by atoms with Gasteiger partial charge in [-0.1, -0.05) is 22.9 Å². The number of methoxy groups -OCH3 is 1. The normalized spacial score (nSPS) is 16.2. The lowest BCUT2D eigenvalue weighted by Gasteiger charge is -2.31. The number of anilines is 2. The van der Waals surface area contributed by atoms with Gasteiger partial charge in [0.2, 0.25) is 16.0 Å². The number of carbonyl (C=O) groups is 1. The SMILES string of the molecule is COc1ccc(-c2cn3nc(N4CCC[C@H](C(=O)Nc5ccc(Cl)cc5C)C4)sc3n2)cc1. The lowest BCUT2D eigenvalue weighted by Crippen LogP contribution is -2.40. The van der Waals surface area contributed by atoms with E-state index in [9.17, 15) is 4.79 Å². The number of carbonyl (C=O) groups excluding carboxylic acids is 1. The summed E-state index contributed by atoms with van der Waals surface area (Å²) in [4.78, 5) is 20.7. The van der Waals surface area contributed by atoms with Crippen molar-refractivity contribution >= 4 is 44.6 Å². The summed E-state index contributed by atoms with van der Waals surface area (Å²) in [5.41, 5.74) is 3.65. The lowest BCUT2D eigenvalue weighted by atomic mass is 9.97. The van der Waals surface area contributed by atoms with E-state index in [0.717, 1.165) is 57.7 Å². The molecule has 0 spiro atoms. The molecule has 170 valence electrons. The van der Waals surface area contributed by atoms with E-state index >= 15 is 0 Å². The van der Waals surface area contributed by atoms with Gasteiger partial charge in [-0.05, 0) is 67.8 Å². The zero-order valence-electron chi connectivity index (χ0n) is 18.4. The lowest BCUT2D eigenvalue weighted by molar-refractivity contribution is -0.120. The number of nitrogens with one attached hydrogen (secondary N) is 1. The van der Waals surface area contributed by atoms with Crippen molar-refractivity contribution in [1.29, 1.82) is 0 Å². The first kappa shape index (κ1) is 21.7. The Bertz CT molecular complexity index is 1270. The van der Waals surface area contributed by atoms with E-state index in [0.29, 0.717) is 11.6 Å². The van der Waals surface area contributed by atoms with Crippen LogP contribution in [0, 0.1) is 12.8 Å². The number of nitrogens with zero attached hydrogens (tertiary/aromatic N) is 4. The second-order valence-electron chi connectivity index (χ2n) is 8.20. The Morgan fingerprint density at radius 3 is 2.79 bits per heavy atom. The van der Waals surface area contributed by atoms with Gasteiger partial charge >= 0.3 is 0 Å². The van der Waals surface area contributed by atoms with Crippen LogP contribution in [-0.4, -0.2) is 40.7 Å². The molecule has 0 saturated carbocycles. The van der Waals surface area contributed by atoms with E-state index in [2.05, 4.69) is 10.2 Å².